The summed E-state index contributed by atoms with van der Waals surface area (Å²) in [5, 5.41) is 5.41. The number of anilines is 1. The lowest BCUT2D eigenvalue weighted by atomic mass is 9.99. The first-order valence-corrected chi connectivity index (χ1v) is 7.35. The molecule has 114 valence electrons. The van der Waals surface area contributed by atoms with E-state index >= 15 is 0 Å². The van der Waals surface area contributed by atoms with Gasteiger partial charge in [0.25, 0.3) is 0 Å². The zero-order chi connectivity index (χ0) is 16.0. The van der Waals surface area contributed by atoms with E-state index < -0.39 is 0 Å². The smallest absolute Gasteiger partial charge is 0.155 e. The summed E-state index contributed by atoms with van der Waals surface area (Å²) in [5.74, 6) is 1.18. The number of hydrogen-bond acceptors (Lipinski definition) is 4. The zero-order valence-electron chi connectivity index (χ0n) is 13.0. The second kappa shape index (κ2) is 5.02. The second-order valence-electron chi connectivity index (χ2n) is 5.43. The fraction of sp³-hybridized carbons (Fsp3) is 0.105. The van der Waals surface area contributed by atoms with E-state index in [1.807, 2.05) is 24.4 Å². The van der Waals surface area contributed by atoms with E-state index in [1.165, 1.54) is 5.39 Å². The maximum Gasteiger partial charge on any atom is 0.155 e. The van der Waals surface area contributed by atoms with E-state index in [0.717, 1.165) is 27.1 Å². The standard InChI is InChI=1S/C19H16N2O2/c1-22-16-9-15-17(19(23-2)18(16)20)13-8-7-11-5-3-4-6-12(11)14(13)10-21-15/h3-10H,20H2,1-2H3. The number of pyridine rings is 1. The van der Waals surface area contributed by atoms with Crippen molar-refractivity contribution >= 4 is 38.1 Å². The van der Waals surface area contributed by atoms with Crippen LogP contribution in [0.4, 0.5) is 5.69 Å². The monoisotopic (exact) mass is 304 g/mol. The normalized spacial score (nSPS) is 11.2. The van der Waals surface area contributed by atoms with Gasteiger partial charge in [0.15, 0.2) is 5.75 Å². The second-order valence-corrected chi connectivity index (χ2v) is 5.43. The van der Waals surface area contributed by atoms with Gasteiger partial charge >= 0.3 is 0 Å². The van der Waals surface area contributed by atoms with Crippen molar-refractivity contribution in [3.05, 3.63) is 48.7 Å². The minimum atomic E-state index is 0.491. The lowest BCUT2D eigenvalue weighted by Gasteiger charge is -2.14. The maximum absolute atomic E-state index is 6.20. The van der Waals surface area contributed by atoms with Gasteiger partial charge in [0.1, 0.15) is 11.4 Å². The molecule has 23 heavy (non-hydrogen) atoms. The lowest BCUT2D eigenvalue weighted by molar-refractivity contribution is 0.402. The molecule has 0 aliphatic heterocycles. The Labute approximate surface area is 133 Å². The van der Waals surface area contributed by atoms with Crippen LogP contribution in [0.5, 0.6) is 11.5 Å². The fourth-order valence-corrected chi connectivity index (χ4v) is 3.17. The average molecular weight is 304 g/mol. The van der Waals surface area contributed by atoms with E-state index in [0.29, 0.717) is 17.2 Å². The predicted octanol–water partition coefficient (Wildman–Crippen LogP) is 4.14. The van der Waals surface area contributed by atoms with Gasteiger partial charge in [-0.3, -0.25) is 4.98 Å². The number of nitrogens with two attached hydrogens (primary N) is 1. The van der Waals surface area contributed by atoms with Gasteiger partial charge in [-0.1, -0.05) is 36.4 Å². The first-order chi connectivity index (χ1) is 11.2. The van der Waals surface area contributed by atoms with Gasteiger partial charge in [0, 0.05) is 17.6 Å². The van der Waals surface area contributed by atoms with E-state index in [-0.39, 0.29) is 0 Å². The fourth-order valence-electron chi connectivity index (χ4n) is 3.17. The number of nitrogen functional groups attached to an aromatic ring is 1. The number of hydrogen-bond donors (Lipinski definition) is 1. The van der Waals surface area contributed by atoms with Crippen LogP contribution in [0, 0.1) is 0 Å². The molecular formula is C19H16N2O2. The molecule has 3 aromatic carbocycles. The van der Waals surface area contributed by atoms with Crippen LogP contribution in [0.25, 0.3) is 32.4 Å². The predicted molar refractivity (Wildman–Crippen MR) is 94.3 cm³/mol. The Balaban J connectivity index is 2.24. The molecule has 4 heteroatoms. The third-order valence-electron chi connectivity index (χ3n) is 4.26. The minimum Gasteiger partial charge on any atom is -0.494 e. The van der Waals surface area contributed by atoms with Crippen LogP contribution in [0.15, 0.2) is 48.7 Å². The Bertz CT molecular complexity index is 1060. The van der Waals surface area contributed by atoms with Crippen LogP contribution in [-0.4, -0.2) is 19.2 Å². The van der Waals surface area contributed by atoms with E-state index in [4.69, 9.17) is 15.2 Å². The summed E-state index contributed by atoms with van der Waals surface area (Å²) >= 11 is 0. The van der Waals surface area contributed by atoms with Gasteiger partial charge in [-0.05, 0) is 16.2 Å². The summed E-state index contributed by atoms with van der Waals surface area (Å²) in [6.07, 6.45) is 1.90. The molecular weight excluding hydrogens is 288 g/mol. The van der Waals surface area contributed by atoms with Crippen molar-refractivity contribution in [3.63, 3.8) is 0 Å². The molecule has 4 rings (SSSR count). The van der Waals surface area contributed by atoms with Crippen LogP contribution < -0.4 is 15.2 Å². The van der Waals surface area contributed by atoms with Gasteiger partial charge in [-0.2, -0.15) is 0 Å². The maximum atomic E-state index is 6.20. The molecule has 0 radical (unpaired) electrons. The van der Waals surface area contributed by atoms with Gasteiger partial charge < -0.3 is 15.2 Å². The summed E-state index contributed by atoms with van der Waals surface area (Å²) in [5.41, 5.74) is 7.49. The van der Waals surface area contributed by atoms with Gasteiger partial charge in [0.05, 0.1) is 25.1 Å². The molecule has 4 aromatic rings. The highest BCUT2D eigenvalue weighted by atomic mass is 16.5. The largest absolute Gasteiger partial charge is 0.494 e. The summed E-state index contributed by atoms with van der Waals surface area (Å²) in [4.78, 5) is 4.60. The number of benzene rings is 3. The highest BCUT2D eigenvalue weighted by molar-refractivity contribution is 6.18. The molecule has 0 unspecified atom stereocenters. The number of aromatic nitrogens is 1. The third kappa shape index (κ3) is 1.88. The molecule has 0 atom stereocenters. The molecule has 0 amide bonds. The highest BCUT2D eigenvalue weighted by Crippen LogP contribution is 2.42. The Morgan fingerprint density at radius 2 is 1.74 bits per heavy atom. The zero-order valence-corrected chi connectivity index (χ0v) is 13.0. The van der Waals surface area contributed by atoms with Crippen LogP contribution >= 0.6 is 0 Å². The number of methoxy groups -OCH3 is 2. The van der Waals surface area contributed by atoms with E-state index in [2.05, 4.69) is 29.2 Å². The van der Waals surface area contributed by atoms with Crippen molar-refractivity contribution in [1.82, 2.24) is 4.98 Å². The SMILES string of the molecule is COc1cc2ncc3c4ccccc4ccc3c2c(OC)c1N. The van der Waals surface area contributed by atoms with Crippen molar-refractivity contribution < 1.29 is 9.47 Å². The quantitative estimate of drug-likeness (QED) is 0.446. The Morgan fingerprint density at radius 1 is 0.913 bits per heavy atom. The molecule has 0 spiro atoms. The summed E-state index contributed by atoms with van der Waals surface area (Å²) < 4.78 is 10.9. The van der Waals surface area contributed by atoms with E-state index in [1.54, 1.807) is 14.2 Å². The van der Waals surface area contributed by atoms with Crippen molar-refractivity contribution in [2.45, 2.75) is 0 Å². The third-order valence-corrected chi connectivity index (χ3v) is 4.26. The molecule has 4 nitrogen and oxygen atoms in total. The van der Waals surface area contributed by atoms with Crippen molar-refractivity contribution in [2.24, 2.45) is 0 Å². The van der Waals surface area contributed by atoms with Crippen molar-refractivity contribution in [2.75, 3.05) is 20.0 Å². The molecule has 0 saturated carbocycles. The van der Waals surface area contributed by atoms with Gasteiger partial charge in [-0.15, -0.1) is 0 Å². The summed E-state index contributed by atoms with van der Waals surface area (Å²) in [6, 6.07) is 14.3. The Morgan fingerprint density at radius 3 is 2.52 bits per heavy atom. The lowest BCUT2D eigenvalue weighted by Crippen LogP contribution is -1.99. The van der Waals surface area contributed by atoms with Crippen LogP contribution in [0.3, 0.4) is 0 Å². The van der Waals surface area contributed by atoms with Crippen LogP contribution in [0.1, 0.15) is 0 Å². The van der Waals surface area contributed by atoms with Crippen LogP contribution in [0.2, 0.25) is 0 Å². The van der Waals surface area contributed by atoms with Gasteiger partial charge in [-0.25, -0.2) is 0 Å². The molecule has 1 heterocycles. The number of nitrogens with zero attached hydrogens (tertiary/aromatic N) is 1. The molecule has 0 fully saturated rings. The number of ether oxygens (including phenoxy) is 2. The molecule has 0 aliphatic carbocycles. The first kappa shape index (κ1) is 13.6. The van der Waals surface area contributed by atoms with Crippen LogP contribution in [-0.2, 0) is 0 Å². The van der Waals surface area contributed by atoms with Gasteiger partial charge in [0.2, 0.25) is 0 Å². The molecule has 2 N–H and O–H groups in total. The minimum absolute atomic E-state index is 0.491. The van der Waals surface area contributed by atoms with E-state index in [9.17, 15) is 0 Å². The molecule has 0 bridgehead atoms. The number of fused-ring (bicyclic) bond motifs is 5. The van der Waals surface area contributed by atoms with Crippen molar-refractivity contribution in [3.8, 4) is 11.5 Å². The molecule has 0 aliphatic rings. The molecule has 0 saturated heterocycles. The average Bonchev–Trinajstić information content (AvgIpc) is 2.60. The topological polar surface area (TPSA) is 57.4 Å². The van der Waals surface area contributed by atoms with Crippen molar-refractivity contribution in [1.29, 1.82) is 0 Å². The Kier molecular flexibility index (Phi) is 2.98. The first-order valence-electron chi connectivity index (χ1n) is 7.35. The Hall–Kier alpha value is -3.01. The molecule has 1 aromatic heterocycles. The number of rotatable bonds is 2. The summed E-state index contributed by atoms with van der Waals surface area (Å²) in [7, 11) is 3.20. The summed E-state index contributed by atoms with van der Waals surface area (Å²) in [6.45, 7) is 0. The highest BCUT2D eigenvalue weighted by Gasteiger charge is 2.16.